The van der Waals surface area contributed by atoms with Gasteiger partial charge in [-0.1, -0.05) is 109 Å². The number of rotatable bonds is 10. The van der Waals surface area contributed by atoms with Gasteiger partial charge in [-0.05, 0) is 46.1 Å². The zero-order valence-corrected chi connectivity index (χ0v) is 27.0. The molecule has 0 bridgehead atoms. The molecule has 6 rings (SSSR count). The molecule has 2 heterocycles. The standard InChI is InChI=1S/C36H30ClN3O7S/c37-27-17-10-18-28(20-27)38-36(44)46-21-26-22-48(45)34-30(39-29(41)19-23-11-4-1-5-12-23)33(42)40(34)31(26)35(43)47-32(24-13-6-2-7-14-24)25-15-8-3-9-16-25/h1-18,20,30,32,34H,19,21-22H2,(H,38,44)(H,39,41)/t30?,34-,48?/m1/s1. The van der Waals surface area contributed by atoms with Gasteiger partial charge < -0.3 is 19.3 Å². The second kappa shape index (κ2) is 14.8. The van der Waals surface area contributed by atoms with Gasteiger partial charge in [-0.25, -0.2) is 9.59 Å². The highest BCUT2D eigenvalue weighted by Crippen LogP contribution is 2.39. The van der Waals surface area contributed by atoms with Crippen LogP contribution in [-0.2, 0) is 41.5 Å². The number of esters is 1. The SMILES string of the molecule is O=C(Cc1ccccc1)NC1C(=O)N2C(C(=O)OC(c3ccccc3)c3ccccc3)=C(COC(=O)Nc3cccc(Cl)c3)C[S+]([O-])[C@H]12. The molecule has 12 heteroatoms. The van der Waals surface area contributed by atoms with Crippen LogP contribution in [0.1, 0.15) is 22.8 Å². The van der Waals surface area contributed by atoms with Gasteiger partial charge >= 0.3 is 12.1 Å². The van der Waals surface area contributed by atoms with Crippen molar-refractivity contribution >= 4 is 52.3 Å². The molecule has 3 atom stereocenters. The molecule has 0 radical (unpaired) electrons. The summed E-state index contributed by atoms with van der Waals surface area (Å²) >= 11 is 4.26. The Morgan fingerprint density at radius 3 is 2.15 bits per heavy atom. The Balaban J connectivity index is 1.27. The van der Waals surface area contributed by atoms with Crippen molar-refractivity contribution in [3.05, 3.63) is 148 Å². The van der Waals surface area contributed by atoms with Crippen molar-refractivity contribution in [3.8, 4) is 0 Å². The molecule has 0 saturated carbocycles. The fraction of sp³-hybridized carbons (Fsp3) is 0.167. The smallest absolute Gasteiger partial charge is 0.411 e. The number of ether oxygens (including phenoxy) is 2. The Labute approximate surface area is 284 Å². The third-order valence-corrected chi connectivity index (χ3v) is 9.69. The van der Waals surface area contributed by atoms with Crippen molar-refractivity contribution in [2.75, 3.05) is 17.7 Å². The van der Waals surface area contributed by atoms with Crippen LogP contribution in [0.3, 0.4) is 0 Å². The number of nitrogens with zero attached hydrogens (tertiary/aromatic N) is 1. The number of hydrogen-bond acceptors (Lipinski definition) is 7. The first-order chi connectivity index (χ1) is 23.3. The highest BCUT2D eigenvalue weighted by atomic mass is 35.5. The number of anilines is 1. The maximum absolute atomic E-state index is 14.1. The van der Waals surface area contributed by atoms with Crippen LogP contribution in [0.25, 0.3) is 0 Å². The van der Waals surface area contributed by atoms with Crippen LogP contribution in [0.15, 0.2) is 127 Å². The van der Waals surface area contributed by atoms with Crippen molar-refractivity contribution in [1.82, 2.24) is 10.2 Å². The van der Waals surface area contributed by atoms with Crippen LogP contribution in [0.2, 0.25) is 5.02 Å². The van der Waals surface area contributed by atoms with Gasteiger partial charge in [-0.15, -0.1) is 0 Å². The van der Waals surface area contributed by atoms with E-state index in [1.165, 1.54) is 6.07 Å². The molecule has 4 aromatic carbocycles. The molecule has 1 saturated heterocycles. The lowest BCUT2D eigenvalue weighted by molar-refractivity contribution is -0.155. The lowest BCUT2D eigenvalue weighted by Crippen LogP contribution is -2.75. The molecule has 48 heavy (non-hydrogen) atoms. The van der Waals surface area contributed by atoms with Gasteiger partial charge in [0.25, 0.3) is 5.91 Å². The summed E-state index contributed by atoms with van der Waals surface area (Å²) in [6, 6.07) is 32.5. The fourth-order valence-corrected chi connectivity index (χ4v) is 7.44. The normalized spacial score (nSPS) is 18.4. The van der Waals surface area contributed by atoms with E-state index in [0.717, 1.165) is 10.5 Å². The molecule has 3 amide bonds. The minimum atomic E-state index is -1.75. The summed E-state index contributed by atoms with van der Waals surface area (Å²) in [6.45, 7) is -0.453. The molecule has 0 aromatic heterocycles. The van der Waals surface area contributed by atoms with Crippen molar-refractivity contribution < 1.29 is 33.2 Å². The van der Waals surface area contributed by atoms with Crippen molar-refractivity contribution in [2.45, 2.75) is 23.9 Å². The Morgan fingerprint density at radius 2 is 1.52 bits per heavy atom. The first-order valence-corrected chi connectivity index (χ1v) is 16.8. The topological polar surface area (TPSA) is 137 Å². The van der Waals surface area contributed by atoms with E-state index in [1.807, 2.05) is 66.7 Å². The summed E-state index contributed by atoms with van der Waals surface area (Å²) < 4.78 is 25.1. The highest BCUT2D eigenvalue weighted by molar-refractivity contribution is 7.92. The van der Waals surface area contributed by atoms with Crippen molar-refractivity contribution in [3.63, 3.8) is 0 Å². The number of β-lactam (4-membered cyclic amide) rings is 1. The Hall–Kier alpha value is -5.10. The molecular weight excluding hydrogens is 654 g/mol. The van der Waals surface area contributed by atoms with Gasteiger partial charge in [0.2, 0.25) is 11.3 Å². The number of benzene rings is 4. The molecule has 1 fully saturated rings. The van der Waals surface area contributed by atoms with Crippen LogP contribution in [0.4, 0.5) is 10.5 Å². The molecule has 2 aliphatic rings. The number of carbonyl (C=O) groups excluding carboxylic acids is 4. The number of fused-ring (bicyclic) bond motifs is 1. The van der Waals surface area contributed by atoms with E-state index in [9.17, 15) is 23.7 Å². The van der Waals surface area contributed by atoms with E-state index in [2.05, 4.69) is 10.6 Å². The number of nitrogens with one attached hydrogen (secondary N) is 2. The fourth-order valence-electron chi connectivity index (χ4n) is 5.58. The number of halogens is 1. The monoisotopic (exact) mass is 683 g/mol. The quantitative estimate of drug-likeness (QED) is 0.134. The van der Waals surface area contributed by atoms with Gasteiger partial charge in [0.1, 0.15) is 18.1 Å². The maximum atomic E-state index is 14.1. The molecule has 10 nitrogen and oxygen atoms in total. The maximum Gasteiger partial charge on any atom is 0.411 e. The van der Waals surface area contributed by atoms with Crippen LogP contribution >= 0.6 is 11.6 Å². The molecule has 2 N–H and O–H groups in total. The molecule has 0 aliphatic carbocycles. The average Bonchev–Trinajstić information content (AvgIpc) is 3.09. The van der Waals surface area contributed by atoms with Crippen molar-refractivity contribution in [1.29, 1.82) is 0 Å². The number of carbonyl (C=O) groups is 4. The lowest BCUT2D eigenvalue weighted by atomic mass is 10.0. The first kappa shape index (κ1) is 32.8. The van der Waals surface area contributed by atoms with Crippen LogP contribution in [0.5, 0.6) is 0 Å². The molecule has 244 valence electrons. The summed E-state index contributed by atoms with van der Waals surface area (Å²) in [7, 11) is 0. The van der Waals surface area contributed by atoms with Crippen molar-refractivity contribution in [2.24, 2.45) is 0 Å². The highest BCUT2D eigenvalue weighted by Gasteiger charge is 2.61. The Bertz CT molecular complexity index is 1800. The lowest BCUT2D eigenvalue weighted by Gasteiger charge is -2.49. The summed E-state index contributed by atoms with van der Waals surface area (Å²) in [4.78, 5) is 54.4. The molecular formula is C36H30ClN3O7S. The summed E-state index contributed by atoms with van der Waals surface area (Å²) in [5.74, 6) is -2.12. The Kier molecular flexibility index (Phi) is 10.1. The third-order valence-electron chi connectivity index (χ3n) is 7.80. The molecule has 0 spiro atoms. The van der Waals surface area contributed by atoms with E-state index >= 15 is 0 Å². The van der Waals surface area contributed by atoms with Gasteiger partial charge in [0.05, 0.1) is 6.42 Å². The summed E-state index contributed by atoms with van der Waals surface area (Å²) in [5, 5.41) is 4.63. The van der Waals surface area contributed by atoms with Gasteiger partial charge in [-0.3, -0.25) is 19.8 Å². The van der Waals surface area contributed by atoms with Crippen LogP contribution < -0.4 is 10.6 Å². The average molecular weight is 684 g/mol. The predicted molar refractivity (Wildman–Crippen MR) is 180 cm³/mol. The van der Waals surface area contributed by atoms with E-state index in [0.29, 0.717) is 21.8 Å². The number of hydrogen-bond donors (Lipinski definition) is 2. The minimum Gasteiger partial charge on any atom is -0.614 e. The van der Waals surface area contributed by atoms with E-state index in [-0.39, 0.29) is 23.4 Å². The van der Waals surface area contributed by atoms with Gasteiger partial charge in [-0.2, -0.15) is 0 Å². The second-order valence-corrected chi connectivity index (χ2v) is 13.1. The predicted octanol–water partition coefficient (Wildman–Crippen LogP) is 5.13. The minimum absolute atomic E-state index is 0.0192. The number of amides is 3. The first-order valence-electron chi connectivity index (χ1n) is 15.0. The van der Waals surface area contributed by atoms with E-state index in [4.69, 9.17) is 21.1 Å². The Morgan fingerprint density at radius 1 is 0.896 bits per heavy atom. The van der Waals surface area contributed by atoms with Crippen LogP contribution in [-0.4, -0.2) is 57.1 Å². The molecule has 2 aliphatic heterocycles. The largest absolute Gasteiger partial charge is 0.614 e. The van der Waals surface area contributed by atoms with E-state index in [1.54, 1.807) is 42.5 Å². The third kappa shape index (κ3) is 7.38. The summed E-state index contributed by atoms with van der Waals surface area (Å²) in [6.07, 6.45) is -1.67. The second-order valence-electron chi connectivity index (χ2n) is 11.1. The zero-order chi connectivity index (χ0) is 33.6. The molecule has 4 aromatic rings. The van der Waals surface area contributed by atoms with Gasteiger partial charge in [0, 0.05) is 16.3 Å². The molecule has 2 unspecified atom stereocenters. The zero-order valence-electron chi connectivity index (χ0n) is 25.4. The van der Waals surface area contributed by atoms with Crippen LogP contribution in [0, 0.1) is 0 Å². The van der Waals surface area contributed by atoms with Gasteiger partial charge in [0.15, 0.2) is 12.1 Å². The summed E-state index contributed by atoms with van der Waals surface area (Å²) in [5.41, 5.74) is 2.47. The van der Waals surface area contributed by atoms with E-state index < -0.39 is 59.2 Å².